The van der Waals surface area contributed by atoms with Gasteiger partial charge in [-0.05, 0) is 97.7 Å². The third kappa shape index (κ3) is 2.71. The largest absolute Gasteiger partial charge is 0.481 e. The van der Waals surface area contributed by atoms with Crippen LogP contribution in [-0.4, -0.2) is 33.5 Å². The Bertz CT molecular complexity index is 949. The van der Waals surface area contributed by atoms with Crippen LogP contribution < -0.4 is 0 Å². The average molecular weight is 471 g/mol. The minimum Gasteiger partial charge on any atom is -0.481 e. The molecular weight excluding hydrogens is 424 g/mol. The summed E-state index contributed by atoms with van der Waals surface area (Å²) in [7, 11) is 0. The lowest BCUT2D eigenvalue weighted by molar-refractivity contribution is -0.230. The van der Waals surface area contributed by atoms with E-state index in [1.54, 1.807) is 0 Å². The van der Waals surface area contributed by atoms with Crippen LogP contribution in [0.5, 0.6) is 0 Å². The molecule has 5 aliphatic rings. The summed E-state index contributed by atoms with van der Waals surface area (Å²) >= 11 is 0. The Balaban J connectivity index is 1.63. The number of rotatable bonds is 2. The van der Waals surface area contributed by atoms with Gasteiger partial charge in [0.2, 0.25) is 0 Å². The zero-order chi connectivity index (χ0) is 25.1. The molecule has 0 saturated heterocycles. The van der Waals surface area contributed by atoms with Gasteiger partial charge in [0.25, 0.3) is 0 Å². The van der Waals surface area contributed by atoms with E-state index in [4.69, 9.17) is 0 Å². The van der Waals surface area contributed by atoms with Gasteiger partial charge in [0.05, 0.1) is 17.6 Å². The van der Waals surface area contributed by atoms with Crippen molar-refractivity contribution in [3.8, 4) is 0 Å². The molecule has 0 unspecified atom stereocenters. The molecule has 3 N–H and O–H groups in total. The van der Waals surface area contributed by atoms with Crippen LogP contribution in [0, 0.1) is 50.7 Å². The normalized spacial score (nSPS) is 53.6. The average Bonchev–Trinajstić information content (AvgIpc) is 3.14. The number of hydrogen-bond acceptors (Lipinski definition) is 3. The van der Waals surface area contributed by atoms with E-state index in [2.05, 4.69) is 54.2 Å². The van der Waals surface area contributed by atoms with E-state index in [1.807, 2.05) is 0 Å². The molecular formula is C30H46O4. The monoisotopic (exact) mass is 470 g/mol. The molecule has 4 heteroatoms. The van der Waals surface area contributed by atoms with Crippen molar-refractivity contribution in [1.29, 1.82) is 0 Å². The quantitative estimate of drug-likeness (QED) is 0.434. The third-order valence-corrected chi connectivity index (χ3v) is 12.8. The summed E-state index contributed by atoms with van der Waals surface area (Å²) in [5.74, 6) is 0.472. The standard InChI is InChI=1S/C30H46O4/c1-17(2)18-10-13-30(25(33)34)15-14-28(6)19(23(18)30)8-9-22-27(5)16-20(31)24(32)26(3,4)21(27)11-12-29(22,28)7/h8,18,20-24,31-32H,1,9-16H2,2-7H3,(H,33,34)/t18-,20+,21-,22+,23+,24-,27-,28+,29+,30-/m0/s1. The van der Waals surface area contributed by atoms with Crippen LogP contribution in [0.15, 0.2) is 23.8 Å². The molecule has 4 nitrogen and oxygen atoms in total. The molecule has 0 aromatic heterocycles. The first kappa shape index (κ1) is 24.6. The van der Waals surface area contributed by atoms with Crippen molar-refractivity contribution >= 4 is 5.97 Å². The molecule has 0 aromatic rings. The second-order valence-electron chi connectivity index (χ2n) is 14.3. The highest BCUT2D eigenvalue weighted by atomic mass is 16.4. The number of hydrogen-bond donors (Lipinski definition) is 3. The summed E-state index contributed by atoms with van der Waals surface area (Å²) in [5, 5.41) is 32.3. The van der Waals surface area contributed by atoms with Crippen LogP contribution in [0.3, 0.4) is 0 Å². The highest BCUT2D eigenvalue weighted by molar-refractivity contribution is 5.77. The van der Waals surface area contributed by atoms with E-state index in [0.717, 1.165) is 50.5 Å². The molecule has 4 saturated carbocycles. The lowest BCUT2D eigenvalue weighted by Crippen LogP contribution is -2.66. The van der Waals surface area contributed by atoms with Crippen molar-refractivity contribution in [3.63, 3.8) is 0 Å². The van der Waals surface area contributed by atoms with Crippen molar-refractivity contribution in [2.75, 3.05) is 0 Å². The number of aliphatic carboxylic acids is 1. The first-order chi connectivity index (χ1) is 15.7. The molecule has 0 heterocycles. The summed E-state index contributed by atoms with van der Waals surface area (Å²) in [4.78, 5) is 12.7. The summed E-state index contributed by atoms with van der Waals surface area (Å²) < 4.78 is 0. The predicted molar refractivity (Wildman–Crippen MR) is 134 cm³/mol. The summed E-state index contributed by atoms with van der Waals surface area (Å²) in [6.07, 6.45) is 8.20. The van der Waals surface area contributed by atoms with Gasteiger partial charge in [-0.3, -0.25) is 4.79 Å². The van der Waals surface area contributed by atoms with Crippen LogP contribution in [0.4, 0.5) is 0 Å². The molecule has 0 aromatic carbocycles. The predicted octanol–water partition coefficient (Wildman–Crippen LogP) is 5.98. The smallest absolute Gasteiger partial charge is 0.310 e. The van der Waals surface area contributed by atoms with Crippen molar-refractivity contribution < 1.29 is 20.1 Å². The van der Waals surface area contributed by atoms with E-state index in [-0.39, 0.29) is 33.5 Å². The lowest BCUT2D eigenvalue weighted by Gasteiger charge is -2.70. The fourth-order valence-corrected chi connectivity index (χ4v) is 10.8. The zero-order valence-corrected chi connectivity index (χ0v) is 22.2. The SMILES string of the molecule is C=C(C)[C@@H]1CC[C@]2(C(=O)O)CC[C@]3(C)C(=CC[C@@H]4[C@@]5(C)C[C@@H](O)[C@H](O)C(C)(C)[C@@H]5CC[C@]43C)[C@@H]12. The van der Waals surface area contributed by atoms with Crippen LogP contribution in [0.2, 0.25) is 0 Å². The second kappa shape index (κ2) is 7.22. The van der Waals surface area contributed by atoms with Gasteiger partial charge in [0.15, 0.2) is 0 Å². The number of fused-ring (bicyclic) bond motifs is 7. The Hall–Kier alpha value is -1.13. The number of carbonyl (C=O) groups is 1. The first-order valence-electron chi connectivity index (χ1n) is 13.6. The molecule has 4 fully saturated rings. The van der Waals surface area contributed by atoms with Crippen molar-refractivity contribution in [2.45, 2.75) is 105 Å². The molecule has 5 aliphatic carbocycles. The number of carboxylic acid groups (broad SMARTS) is 1. The molecule has 0 amide bonds. The van der Waals surface area contributed by atoms with Gasteiger partial charge in [-0.2, -0.15) is 0 Å². The van der Waals surface area contributed by atoms with Crippen LogP contribution >= 0.6 is 0 Å². The van der Waals surface area contributed by atoms with Crippen molar-refractivity contribution in [1.82, 2.24) is 0 Å². The van der Waals surface area contributed by atoms with Gasteiger partial charge < -0.3 is 15.3 Å². The van der Waals surface area contributed by atoms with Gasteiger partial charge >= 0.3 is 5.97 Å². The van der Waals surface area contributed by atoms with Crippen LogP contribution in [-0.2, 0) is 4.79 Å². The van der Waals surface area contributed by atoms with Gasteiger partial charge in [-0.25, -0.2) is 0 Å². The highest BCUT2D eigenvalue weighted by Gasteiger charge is 2.70. The minimum absolute atomic E-state index is 0.0449. The summed E-state index contributed by atoms with van der Waals surface area (Å²) in [6.45, 7) is 18.0. The Labute approximate surface area is 205 Å². The highest BCUT2D eigenvalue weighted by Crippen LogP contribution is 2.76. The van der Waals surface area contributed by atoms with Crippen LogP contribution in [0.1, 0.15) is 92.9 Å². The van der Waals surface area contributed by atoms with E-state index in [0.29, 0.717) is 18.3 Å². The molecule has 5 rings (SSSR count). The number of allylic oxidation sites excluding steroid dienone is 3. The Morgan fingerprint density at radius 3 is 2.29 bits per heavy atom. The summed E-state index contributed by atoms with van der Waals surface area (Å²) in [6, 6.07) is 0. The Morgan fingerprint density at radius 2 is 1.68 bits per heavy atom. The van der Waals surface area contributed by atoms with Crippen molar-refractivity contribution in [2.24, 2.45) is 50.7 Å². The fraction of sp³-hybridized carbons (Fsp3) is 0.833. The Kier molecular flexibility index (Phi) is 5.21. The molecule has 190 valence electrons. The van der Waals surface area contributed by atoms with Crippen LogP contribution in [0.25, 0.3) is 0 Å². The maximum atomic E-state index is 12.7. The maximum Gasteiger partial charge on any atom is 0.310 e. The van der Waals surface area contributed by atoms with Gasteiger partial charge in [0, 0.05) is 5.92 Å². The van der Waals surface area contributed by atoms with E-state index in [1.165, 1.54) is 5.57 Å². The van der Waals surface area contributed by atoms with E-state index in [9.17, 15) is 20.1 Å². The minimum atomic E-state index is -0.689. The van der Waals surface area contributed by atoms with Gasteiger partial charge in [-0.1, -0.05) is 58.4 Å². The summed E-state index contributed by atoms with van der Waals surface area (Å²) in [5.41, 5.74) is 1.53. The van der Waals surface area contributed by atoms with Gasteiger partial charge in [-0.15, -0.1) is 0 Å². The third-order valence-electron chi connectivity index (χ3n) is 12.8. The molecule has 0 spiro atoms. The first-order valence-corrected chi connectivity index (χ1v) is 13.6. The molecule has 0 radical (unpaired) electrons. The van der Waals surface area contributed by atoms with Crippen molar-refractivity contribution in [3.05, 3.63) is 23.8 Å². The van der Waals surface area contributed by atoms with E-state index < -0.39 is 23.6 Å². The Morgan fingerprint density at radius 1 is 1.00 bits per heavy atom. The number of aliphatic hydroxyl groups excluding tert-OH is 2. The number of carboxylic acids is 1. The molecule has 34 heavy (non-hydrogen) atoms. The fourth-order valence-electron chi connectivity index (χ4n) is 10.8. The second-order valence-corrected chi connectivity index (χ2v) is 14.3. The van der Waals surface area contributed by atoms with Gasteiger partial charge in [0.1, 0.15) is 0 Å². The zero-order valence-electron chi connectivity index (χ0n) is 22.2. The molecule has 10 atom stereocenters. The topological polar surface area (TPSA) is 77.8 Å². The van der Waals surface area contributed by atoms with E-state index >= 15 is 0 Å². The lowest BCUT2D eigenvalue weighted by atomic mass is 9.34. The maximum absolute atomic E-state index is 12.7. The molecule has 0 bridgehead atoms. The number of aliphatic hydroxyl groups is 2. The molecule has 0 aliphatic heterocycles.